The van der Waals surface area contributed by atoms with E-state index in [1.54, 1.807) is 52.9 Å². The normalized spacial score (nSPS) is 15.5. The molecular formula is C21H39N3O5. The Labute approximate surface area is 175 Å². The number of carbonyl (C=O) groups is 3. The monoisotopic (exact) mass is 413 g/mol. The molecular weight excluding hydrogens is 374 g/mol. The number of ether oxygens (including phenoxy) is 1. The zero-order valence-electron chi connectivity index (χ0n) is 19.4. The van der Waals surface area contributed by atoms with E-state index in [4.69, 9.17) is 4.74 Å². The maximum absolute atomic E-state index is 13.1. The summed E-state index contributed by atoms with van der Waals surface area (Å²) in [5.74, 6) is -0.981. The molecule has 0 radical (unpaired) electrons. The average molecular weight is 414 g/mol. The van der Waals surface area contributed by atoms with Gasteiger partial charge >= 0.3 is 5.97 Å². The van der Waals surface area contributed by atoms with Crippen molar-refractivity contribution in [3.05, 3.63) is 11.6 Å². The molecule has 168 valence electrons. The molecule has 3 unspecified atom stereocenters. The minimum atomic E-state index is -0.757. The summed E-state index contributed by atoms with van der Waals surface area (Å²) in [6, 6.07) is -1.31. The van der Waals surface area contributed by atoms with Gasteiger partial charge in [-0.15, -0.1) is 0 Å². The predicted octanol–water partition coefficient (Wildman–Crippen LogP) is 1.19. The lowest BCUT2D eigenvalue weighted by atomic mass is 9.85. The van der Waals surface area contributed by atoms with Crippen LogP contribution in [0.25, 0.3) is 0 Å². The first-order valence-electron chi connectivity index (χ1n) is 9.96. The van der Waals surface area contributed by atoms with Crippen LogP contribution in [0.15, 0.2) is 11.6 Å². The smallest absolute Gasteiger partial charge is 0.333 e. The molecule has 2 amide bonds. The highest BCUT2D eigenvalue weighted by molar-refractivity contribution is 5.91. The number of nitrogens with one attached hydrogen (secondary N) is 1. The van der Waals surface area contributed by atoms with E-state index in [0.29, 0.717) is 5.57 Å². The molecule has 0 aromatic rings. The number of aliphatic hydroxyl groups excluding tert-OH is 1. The van der Waals surface area contributed by atoms with E-state index < -0.39 is 29.6 Å². The number of aliphatic hydroxyl groups is 1. The van der Waals surface area contributed by atoms with Gasteiger partial charge in [0, 0.05) is 19.2 Å². The summed E-state index contributed by atoms with van der Waals surface area (Å²) < 4.78 is 4.94. The largest absolute Gasteiger partial charge is 0.463 e. The molecule has 0 spiro atoms. The van der Waals surface area contributed by atoms with Crippen LogP contribution in [0.5, 0.6) is 0 Å². The van der Waals surface area contributed by atoms with E-state index >= 15 is 0 Å². The lowest BCUT2D eigenvalue weighted by molar-refractivity contribution is -0.140. The standard InChI is InChI=1S/C21H39N3O5/c1-10-29-20(28)14(2)11-12-24(9)19(27)17(21(4,5)6)22-18(26)16(23(7)8)13-15(3)25/h11,15-17,25H,10,12-13H2,1-9H3,(H,22,26)/b14-11+. The second-order valence-corrected chi connectivity index (χ2v) is 8.70. The minimum Gasteiger partial charge on any atom is -0.463 e. The van der Waals surface area contributed by atoms with E-state index in [0.717, 1.165) is 0 Å². The first kappa shape index (κ1) is 27.1. The Morgan fingerprint density at radius 1 is 1.17 bits per heavy atom. The second kappa shape index (κ2) is 11.9. The van der Waals surface area contributed by atoms with Crippen LogP contribution in [0.4, 0.5) is 0 Å². The molecule has 3 atom stereocenters. The predicted molar refractivity (Wildman–Crippen MR) is 113 cm³/mol. The number of likely N-dealkylation sites (N-methyl/N-ethyl adjacent to an activating group) is 2. The highest BCUT2D eigenvalue weighted by atomic mass is 16.5. The van der Waals surface area contributed by atoms with Gasteiger partial charge in [-0.2, -0.15) is 0 Å². The van der Waals surface area contributed by atoms with Crippen LogP contribution in [0.1, 0.15) is 48.0 Å². The van der Waals surface area contributed by atoms with Crippen LogP contribution in [0.3, 0.4) is 0 Å². The molecule has 8 nitrogen and oxygen atoms in total. The first-order valence-corrected chi connectivity index (χ1v) is 9.96. The molecule has 0 aromatic heterocycles. The average Bonchev–Trinajstić information content (AvgIpc) is 2.59. The molecule has 0 saturated heterocycles. The number of hydrogen-bond acceptors (Lipinski definition) is 6. The van der Waals surface area contributed by atoms with Crippen LogP contribution < -0.4 is 5.32 Å². The van der Waals surface area contributed by atoms with Crippen LogP contribution in [0.2, 0.25) is 0 Å². The summed E-state index contributed by atoms with van der Waals surface area (Å²) in [5.41, 5.74) is -0.102. The van der Waals surface area contributed by atoms with Crippen LogP contribution in [-0.2, 0) is 19.1 Å². The Bertz CT molecular complexity index is 594. The van der Waals surface area contributed by atoms with Crippen molar-refractivity contribution in [2.24, 2.45) is 5.41 Å². The van der Waals surface area contributed by atoms with Gasteiger partial charge in [0.2, 0.25) is 11.8 Å². The summed E-state index contributed by atoms with van der Waals surface area (Å²) in [4.78, 5) is 40.8. The Kier molecular flexibility index (Phi) is 11.1. The van der Waals surface area contributed by atoms with Crippen LogP contribution in [0, 0.1) is 5.41 Å². The lowest BCUT2D eigenvalue weighted by Gasteiger charge is -2.35. The van der Waals surface area contributed by atoms with Crippen molar-refractivity contribution < 1.29 is 24.2 Å². The van der Waals surface area contributed by atoms with Gasteiger partial charge in [0.15, 0.2) is 0 Å². The molecule has 0 aliphatic heterocycles. The molecule has 29 heavy (non-hydrogen) atoms. The molecule has 0 heterocycles. The molecule has 0 fully saturated rings. The molecule has 0 aliphatic carbocycles. The van der Waals surface area contributed by atoms with E-state index in [1.165, 1.54) is 4.90 Å². The SMILES string of the molecule is CCOC(=O)/C(C)=C/CN(C)C(=O)C(NC(=O)C(CC(C)O)N(C)C)C(C)(C)C. The lowest BCUT2D eigenvalue weighted by Crippen LogP contribution is -2.57. The van der Waals surface area contributed by atoms with Crippen molar-refractivity contribution in [2.45, 2.75) is 66.2 Å². The topological polar surface area (TPSA) is 99.2 Å². The highest BCUT2D eigenvalue weighted by Crippen LogP contribution is 2.22. The maximum atomic E-state index is 13.1. The van der Waals surface area contributed by atoms with Crippen molar-refractivity contribution in [1.29, 1.82) is 0 Å². The summed E-state index contributed by atoms with van der Waals surface area (Å²) in [7, 11) is 5.15. The van der Waals surface area contributed by atoms with Gasteiger partial charge in [-0.05, 0) is 46.7 Å². The fourth-order valence-corrected chi connectivity index (χ4v) is 2.68. The summed E-state index contributed by atoms with van der Waals surface area (Å²) in [6.45, 7) is 11.1. The van der Waals surface area contributed by atoms with Crippen molar-refractivity contribution >= 4 is 17.8 Å². The van der Waals surface area contributed by atoms with Gasteiger partial charge in [-0.3, -0.25) is 14.5 Å². The van der Waals surface area contributed by atoms with Crippen LogP contribution in [-0.4, -0.2) is 85.2 Å². The fraction of sp³-hybridized carbons (Fsp3) is 0.762. The molecule has 0 aromatic carbocycles. The summed E-state index contributed by atoms with van der Waals surface area (Å²) >= 11 is 0. The molecule has 2 N–H and O–H groups in total. The number of rotatable bonds is 10. The molecule has 0 bridgehead atoms. The number of esters is 1. The van der Waals surface area contributed by atoms with E-state index in [9.17, 15) is 19.5 Å². The number of carbonyl (C=O) groups excluding carboxylic acids is 3. The van der Waals surface area contributed by atoms with E-state index in [1.807, 2.05) is 20.8 Å². The molecule has 8 heteroatoms. The summed E-state index contributed by atoms with van der Waals surface area (Å²) in [5, 5.41) is 12.6. The van der Waals surface area contributed by atoms with Gasteiger partial charge in [0.25, 0.3) is 0 Å². The van der Waals surface area contributed by atoms with Gasteiger partial charge in [-0.1, -0.05) is 26.8 Å². The Balaban J connectivity index is 5.37. The van der Waals surface area contributed by atoms with Gasteiger partial charge in [-0.25, -0.2) is 4.79 Å². The third-order valence-corrected chi connectivity index (χ3v) is 4.53. The Hall–Kier alpha value is -1.93. The summed E-state index contributed by atoms with van der Waals surface area (Å²) in [6.07, 6.45) is 1.25. The van der Waals surface area contributed by atoms with E-state index in [2.05, 4.69) is 5.32 Å². The maximum Gasteiger partial charge on any atom is 0.333 e. The van der Waals surface area contributed by atoms with Gasteiger partial charge in [0.05, 0.1) is 18.8 Å². The Morgan fingerprint density at radius 3 is 2.14 bits per heavy atom. The number of nitrogens with zero attached hydrogens (tertiary/aromatic N) is 2. The molecule has 0 saturated carbocycles. The van der Waals surface area contributed by atoms with Gasteiger partial charge in [0.1, 0.15) is 6.04 Å². The van der Waals surface area contributed by atoms with Gasteiger partial charge < -0.3 is 20.1 Å². The van der Waals surface area contributed by atoms with Crippen LogP contribution >= 0.6 is 0 Å². The minimum absolute atomic E-state index is 0.219. The Morgan fingerprint density at radius 2 is 1.72 bits per heavy atom. The first-order chi connectivity index (χ1) is 13.2. The van der Waals surface area contributed by atoms with Crippen molar-refractivity contribution in [3.8, 4) is 0 Å². The molecule has 0 rings (SSSR count). The fourth-order valence-electron chi connectivity index (χ4n) is 2.68. The third-order valence-electron chi connectivity index (χ3n) is 4.53. The van der Waals surface area contributed by atoms with Crippen molar-refractivity contribution in [1.82, 2.24) is 15.1 Å². The van der Waals surface area contributed by atoms with Crippen molar-refractivity contribution in [2.75, 3.05) is 34.3 Å². The van der Waals surface area contributed by atoms with E-state index in [-0.39, 0.29) is 31.4 Å². The number of hydrogen-bond donors (Lipinski definition) is 2. The quantitative estimate of drug-likeness (QED) is 0.412. The third kappa shape index (κ3) is 9.41. The molecule has 0 aliphatic rings. The highest BCUT2D eigenvalue weighted by Gasteiger charge is 2.36. The zero-order chi connectivity index (χ0) is 22.9. The second-order valence-electron chi connectivity index (χ2n) is 8.70. The van der Waals surface area contributed by atoms with Crippen molar-refractivity contribution in [3.63, 3.8) is 0 Å². The zero-order valence-corrected chi connectivity index (χ0v) is 19.4. The number of amides is 2.